The van der Waals surface area contributed by atoms with E-state index in [0.717, 1.165) is 5.69 Å². The molecule has 0 aliphatic carbocycles. The zero-order valence-corrected chi connectivity index (χ0v) is 11.2. The minimum absolute atomic E-state index is 0.432. The van der Waals surface area contributed by atoms with E-state index in [0.29, 0.717) is 31.9 Å². The topological polar surface area (TPSA) is 53.5 Å². The lowest BCUT2D eigenvalue weighted by atomic mass is 10.2. The number of nitrogens with zero attached hydrogens (tertiary/aromatic N) is 3. The maximum absolute atomic E-state index is 13.2. The number of halogens is 1. The van der Waals surface area contributed by atoms with Crippen LogP contribution in [0, 0.1) is 12.9 Å². The lowest BCUT2D eigenvalue weighted by Gasteiger charge is -2.34. The first-order chi connectivity index (χ1) is 8.36. The third-order valence-corrected chi connectivity index (χ3v) is 4.28. The van der Waals surface area contributed by atoms with Crippen molar-refractivity contribution in [2.75, 3.05) is 37.3 Å². The first-order valence-electron chi connectivity index (χ1n) is 5.70. The van der Waals surface area contributed by atoms with Crippen LogP contribution in [0.4, 0.5) is 10.1 Å². The molecule has 1 aliphatic heterocycles. The highest BCUT2D eigenvalue weighted by molar-refractivity contribution is 7.88. The van der Waals surface area contributed by atoms with Gasteiger partial charge in [0.1, 0.15) is 0 Å². The van der Waals surface area contributed by atoms with Crippen LogP contribution in [0.3, 0.4) is 0 Å². The summed E-state index contributed by atoms with van der Waals surface area (Å²) in [6, 6.07) is 3.18. The second-order valence-corrected chi connectivity index (χ2v) is 6.42. The third-order valence-electron chi connectivity index (χ3n) is 2.98. The third kappa shape index (κ3) is 2.97. The van der Waals surface area contributed by atoms with Crippen molar-refractivity contribution in [3.05, 3.63) is 23.8 Å². The fourth-order valence-electron chi connectivity index (χ4n) is 2.07. The molecule has 0 aromatic carbocycles. The number of rotatable bonds is 2. The summed E-state index contributed by atoms with van der Waals surface area (Å²) in [6.45, 7) is 3.73. The molecule has 1 aromatic heterocycles. The molecule has 1 aliphatic rings. The number of sulfonamides is 1. The van der Waals surface area contributed by atoms with Crippen molar-refractivity contribution in [3.8, 4) is 0 Å². The second kappa shape index (κ2) is 4.81. The van der Waals surface area contributed by atoms with E-state index in [4.69, 9.17) is 0 Å². The summed E-state index contributed by atoms with van der Waals surface area (Å²) in [5.41, 5.74) is 1.38. The number of aromatic nitrogens is 1. The summed E-state index contributed by atoms with van der Waals surface area (Å²) in [5, 5.41) is 0. The number of pyridine rings is 1. The Morgan fingerprint density at radius 2 is 1.83 bits per heavy atom. The van der Waals surface area contributed by atoms with E-state index in [1.54, 1.807) is 13.0 Å². The molecule has 0 atom stereocenters. The predicted octanol–water partition coefficient (Wildman–Crippen LogP) is 0.611. The summed E-state index contributed by atoms with van der Waals surface area (Å²) in [6.07, 6.45) is 1.21. The summed E-state index contributed by atoms with van der Waals surface area (Å²) in [7, 11) is -3.13. The van der Waals surface area contributed by atoms with Crippen LogP contribution in [0.15, 0.2) is 12.1 Å². The van der Waals surface area contributed by atoms with Gasteiger partial charge in [-0.05, 0) is 13.0 Å². The standard InChI is InChI=1S/C11H16FN3O2S/c1-9-7-10(8-11(12)13-9)14-3-5-15(6-4-14)18(2,16)17/h7-8H,3-6H2,1-2H3. The molecule has 0 unspecified atom stereocenters. The van der Waals surface area contributed by atoms with Crippen LogP contribution in [0.2, 0.25) is 0 Å². The highest BCUT2D eigenvalue weighted by Crippen LogP contribution is 2.18. The van der Waals surface area contributed by atoms with E-state index in [1.165, 1.54) is 16.6 Å². The molecule has 0 bridgehead atoms. The number of aryl methyl sites for hydroxylation is 1. The van der Waals surface area contributed by atoms with Gasteiger partial charge in [0.2, 0.25) is 16.0 Å². The van der Waals surface area contributed by atoms with Crippen LogP contribution < -0.4 is 4.90 Å². The van der Waals surface area contributed by atoms with Gasteiger partial charge in [0.15, 0.2) is 0 Å². The molecule has 1 aromatic rings. The van der Waals surface area contributed by atoms with E-state index in [1.807, 2.05) is 4.90 Å². The molecule has 0 spiro atoms. The molecular formula is C11H16FN3O2S. The van der Waals surface area contributed by atoms with Gasteiger partial charge in [-0.1, -0.05) is 0 Å². The Labute approximate surface area is 106 Å². The van der Waals surface area contributed by atoms with Crippen molar-refractivity contribution in [2.45, 2.75) is 6.92 Å². The minimum Gasteiger partial charge on any atom is -0.369 e. The van der Waals surface area contributed by atoms with Crippen LogP contribution in [-0.4, -0.2) is 50.1 Å². The van der Waals surface area contributed by atoms with Gasteiger partial charge >= 0.3 is 0 Å². The average molecular weight is 273 g/mol. The largest absolute Gasteiger partial charge is 0.369 e. The van der Waals surface area contributed by atoms with Gasteiger partial charge in [-0.15, -0.1) is 0 Å². The van der Waals surface area contributed by atoms with Gasteiger partial charge < -0.3 is 4.90 Å². The van der Waals surface area contributed by atoms with Gasteiger partial charge in [-0.2, -0.15) is 8.70 Å². The van der Waals surface area contributed by atoms with Crippen molar-refractivity contribution in [2.24, 2.45) is 0 Å². The number of anilines is 1. The predicted molar refractivity (Wildman–Crippen MR) is 67.6 cm³/mol. The zero-order valence-electron chi connectivity index (χ0n) is 10.4. The van der Waals surface area contributed by atoms with Crippen molar-refractivity contribution >= 4 is 15.7 Å². The SMILES string of the molecule is Cc1cc(N2CCN(S(C)(=O)=O)CC2)cc(F)n1. The highest BCUT2D eigenvalue weighted by Gasteiger charge is 2.23. The van der Waals surface area contributed by atoms with Crippen LogP contribution in [0.5, 0.6) is 0 Å². The van der Waals surface area contributed by atoms with E-state index in [9.17, 15) is 12.8 Å². The Morgan fingerprint density at radius 1 is 1.22 bits per heavy atom. The van der Waals surface area contributed by atoms with Gasteiger partial charge in [0.05, 0.1) is 6.26 Å². The molecule has 18 heavy (non-hydrogen) atoms. The van der Waals surface area contributed by atoms with Crippen LogP contribution in [0.25, 0.3) is 0 Å². The Bertz CT molecular complexity index is 519. The Balaban J connectivity index is 2.10. The van der Waals surface area contributed by atoms with Crippen molar-refractivity contribution in [3.63, 3.8) is 0 Å². The van der Waals surface area contributed by atoms with Gasteiger partial charge in [0.25, 0.3) is 0 Å². The monoisotopic (exact) mass is 273 g/mol. The molecule has 5 nitrogen and oxygen atoms in total. The molecule has 0 saturated carbocycles. The van der Waals surface area contributed by atoms with E-state index in [-0.39, 0.29) is 0 Å². The fourth-order valence-corrected chi connectivity index (χ4v) is 2.90. The van der Waals surface area contributed by atoms with Crippen LogP contribution in [0.1, 0.15) is 5.69 Å². The number of hydrogen-bond donors (Lipinski definition) is 0. The minimum atomic E-state index is -3.13. The average Bonchev–Trinajstić information content (AvgIpc) is 2.27. The molecule has 0 radical (unpaired) electrons. The lowest BCUT2D eigenvalue weighted by Crippen LogP contribution is -2.48. The number of hydrogen-bond acceptors (Lipinski definition) is 4. The molecule has 7 heteroatoms. The quantitative estimate of drug-likeness (QED) is 0.741. The van der Waals surface area contributed by atoms with E-state index in [2.05, 4.69) is 4.98 Å². The van der Waals surface area contributed by atoms with E-state index >= 15 is 0 Å². The molecular weight excluding hydrogens is 257 g/mol. The normalized spacial score (nSPS) is 18.1. The number of piperazine rings is 1. The van der Waals surface area contributed by atoms with Crippen LogP contribution in [-0.2, 0) is 10.0 Å². The molecule has 2 rings (SSSR count). The Hall–Kier alpha value is -1.21. The summed E-state index contributed by atoms with van der Waals surface area (Å²) < 4.78 is 37.4. The Morgan fingerprint density at radius 3 is 2.33 bits per heavy atom. The lowest BCUT2D eigenvalue weighted by molar-refractivity contribution is 0.387. The molecule has 2 heterocycles. The Kier molecular flexibility index (Phi) is 3.54. The smallest absolute Gasteiger partial charge is 0.215 e. The molecule has 0 N–H and O–H groups in total. The summed E-state index contributed by atoms with van der Waals surface area (Å²) in [4.78, 5) is 5.66. The van der Waals surface area contributed by atoms with Gasteiger partial charge in [-0.3, -0.25) is 0 Å². The molecule has 0 amide bonds. The molecule has 1 saturated heterocycles. The van der Waals surface area contributed by atoms with Crippen molar-refractivity contribution in [1.29, 1.82) is 0 Å². The summed E-state index contributed by atoms with van der Waals surface area (Å²) in [5.74, 6) is -0.504. The first kappa shape index (κ1) is 13.2. The maximum Gasteiger partial charge on any atom is 0.215 e. The van der Waals surface area contributed by atoms with Crippen molar-refractivity contribution < 1.29 is 12.8 Å². The highest BCUT2D eigenvalue weighted by atomic mass is 32.2. The zero-order chi connectivity index (χ0) is 13.3. The summed E-state index contributed by atoms with van der Waals surface area (Å²) >= 11 is 0. The molecule has 100 valence electrons. The maximum atomic E-state index is 13.2. The first-order valence-corrected chi connectivity index (χ1v) is 7.55. The van der Waals surface area contributed by atoms with Crippen LogP contribution >= 0.6 is 0 Å². The van der Waals surface area contributed by atoms with E-state index < -0.39 is 16.0 Å². The fraction of sp³-hybridized carbons (Fsp3) is 0.545. The van der Waals surface area contributed by atoms with Crippen molar-refractivity contribution in [1.82, 2.24) is 9.29 Å². The van der Waals surface area contributed by atoms with Gasteiger partial charge in [0, 0.05) is 43.6 Å². The molecule has 1 fully saturated rings. The van der Waals surface area contributed by atoms with Gasteiger partial charge in [-0.25, -0.2) is 13.4 Å². The second-order valence-electron chi connectivity index (χ2n) is 4.44.